The summed E-state index contributed by atoms with van der Waals surface area (Å²) in [4.78, 5) is 0. The van der Waals surface area contributed by atoms with Crippen molar-refractivity contribution in [2.75, 3.05) is 19.7 Å². The highest BCUT2D eigenvalue weighted by Crippen LogP contribution is 2.05. The molecule has 0 aromatic heterocycles. The molecule has 0 saturated carbocycles. The van der Waals surface area contributed by atoms with Crippen molar-refractivity contribution in [3.8, 4) is 0 Å². The normalized spacial score (nSPS) is 16.1. The Bertz CT molecular complexity index is 319. The number of benzene rings is 1. The SMILES string of the molecule is C1=C(COCc2ccccc2)CNCC1. The third-order valence-electron chi connectivity index (χ3n) is 2.51. The molecule has 1 aliphatic heterocycles. The summed E-state index contributed by atoms with van der Waals surface area (Å²) in [5, 5.41) is 3.34. The average molecular weight is 203 g/mol. The summed E-state index contributed by atoms with van der Waals surface area (Å²) in [7, 11) is 0. The minimum Gasteiger partial charge on any atom is -0.372 e. The van der Waals surface area contributed by atoms with Crippen molar-refractivity contribution in [1.82, 2.24) is 5.32 Å². The van der Waals surface area contributed by atoms with E-state index in [0.29, 0.717) is 6.61 Å². The Hall–Kier alpha value is -1.12. The number of nitrogens with one attached hydrogen (secondary N) is 1. The third kappa shape index (κ3) is 3.50. The van der Waals surface area contributed by atoms with Crippen LogP contribution in [-0.4, -0.2) is 19.7 Å². The Balaban J connectivity index is 1.73. The fourth-order valence-electron chi connectivity index (χ4n) is 1.68. The summed E-state index contributed by atoms with van der Waals surface area (Å²) >= 11 is 0. The van der Waals surface area contributed by atoms with Gasteiger partial charge >= 0.3 is 0 Å². The maximum Gasteiger partial charge on any atom is 0.0721 e. The highest BCUT2D eigenvalue weighted by atomic mass is 16.5. The van der Waals surface area contributed by atoms with E-state index in [1.165, 1.54) is 11.1 Å². The van der Waals surface area contributed by atoms with Gasteiger partial charge in [0.25, 0.3) is 0 Å². The second-order valence-corrected chi connectivity index (χ2v) is 3.81. The highest BCUT2D eigenvalue weighted by molar-refractivity contribution is 5.14. The van der Waals surface area contributed by atoms with E-state index in [1.807, 2.05) is 18.2 Å². The summed E-state index contributed by atoms with van der Waals surface area (Å²) < 4.78 is 5.65. The van der Waals surface area contributed by atoms with Crippen LogP contribution < -0.4 is 5.32 Å². The van der Waals surface area contributed by atoms with Crippen LogP contribution in [0, 0.1) is 0 Å². The topological polar surface area (TPSA) is 21.3 Å². The molecule has 0 spiro atoms. The Morgan fingerprint density at radius 1 is 1.13 bits per heavy atom. The van der Waals surface area contributed by atoms with E-state index in [2.05, 4.69) is 23.5 Å². The third-order valence-corrected chi connectivity index (χ3v) is 2.51. The molecule has 1 heterocycles. The summed E-state index contributed by atoms with van der Waals surface area (Å²) in [5.41, 5.74) is 2.61. The van der Waals surface area contributed by atoms with Crippen molar-refractivity contribution in [3.63, 3.8) is 0 Å². The van der Waals surface area contributed by atoms with Gasteiger partial charge in [-0.3, -0.25) is 0 Å². The maximum atomic E-state index is 5.65. The lowest BCUT2D eigenvalue weighted by Gasteiger charge is -2.14. The molecule has 0 unspecified atom stereocenters. The summed E-state index contributed by atoms with van der Waals surface area (Å²) in [5.74, 6) is 0. The molecule has 0 saturated heterocycles. The first-order valence-corrected chi connectivity index (χ1v) is 5.45. The first-order valence-electron chi connectivity index (χ1n) is 5.45. The number of rotatable bonds is 4. The van der Waals surface area contributed by atoms with E-state index < -0.39 is 0 Å². The molecule has 1 N–H and O–H groups in total. The molecule has 2 nitrogen and oxygen atoms in total. The Labute approximate surface area is 91.0 Å². The smallest absolute Gasteiger partial charge is 0.0721 e. The number of hydrogen-bond donors (Lipinski definition) is 1. The van der Waals surface area contributed by atoms with Crippen molar-refractivity contribution in [2.45, 2.75) is 13.0 Å². The summed E-state index contributed by atoms with van der Waals surface area (Å²) in [6, 6.07) is 10.3. The predicted octanol–water partition coefficient (Wildman–Crippen LogP) is 2.12. The first-order chi connectivity index (χ1) is 7.45. The number of ether oxygens (including phenoxy) is 1. The first kappa shape index (κ1) is 10.4. The fourth-order valence-corrected chi connectivity index (χ4v) is 1.68. The molecule has 0 atom stereocenters. The quantitative estimate of drug-likeness (QED) is 0.757. The molecule has 0 amide bonds. The van der Waals surface area contributed by atoms with Gasteiger partial charge in [0, 0.05) is 6.54 Å². The predicted molar refractivity (Wildman–Crippen MR) is 61.7 cm³/mol. The highest BCUT2D eigenvalue weighted by Gasteiger charge is 2.02. The minimum absolute atomic E-state index is 0.707. The molecule has 2 rings (SSSR count). The molecule has 0 bridgehead atoms. The van der Waals surface area contributed by atoms with E-state index in [-0.39, 0.29) is 0 Å². The van der Waals surface area contributed by atoms with Gasteiger partial charge in [-0.15, -0.1) is 0 Å². The van der Waals surface area contributed by atoms with Crippen LogP contribution in [0.5, 0.6) is 0 Å². The molecular formula is C13H17NO. The molecule has 1 aliphatic rings. The van der Waals surface area contributed by atoms with Crippen LogP contribution in [0.2, 0.25) is 0 Å². The standard InChI is InChI=1S/C13H17NO/c1-2-5-12(6-3-1)10-15-11-13-7-4-8-14-9-13/h1-3,5-7,14H,4,8-11H2. The van der Waals surface area contributed by atoms with Crippen LogP contribution in [0.15, 0.2) is 42.0 Å². The van der Waals surface area contributed by atoms with Crippen molar-refractivity contribution < 1.29 is 4.74 Å². The fraction of sp³-hybridized carbons (Fsp3) is 0.385. The second kappa shape index (κ2) is 5.69. The molecule has 0 radical (unpaired) electrons. The average Bonchev–Trinajstić information content (AvgIpc) is 2.32. The van der Waals surface area contributed by atoms with Crippen LogP contribution in [0.3, 0.4) is 0 Å². The molecule has 80 valence electrons. The molecule has 1 aromatic carbocycles. The molecule has 1 aromatic rings. The summed E-state index contributed by atoms with van der Waals surface area (Å²) in [6.07, 6.45) is 3.41. The lowest BCUT2D eigenvalue weighted by atomic mass is 10.1. The van der Waals surface area contributed by atoms with Crippen LogP contribution in [0.4, 0.5) is 0 Å². The monoisotopic (exact) mass is 203 g/mol. The molecule has 0 aliphatic carbocycles. The van der Waals surface area contributed by atoms with Gasteiger partial charge in [0.15, 0.2) is 0 Å². The van der Waals surface area contributed by atoms with E-state index in [0.717, 1.165) is 26.1 Å². The Morgan fingerprint density at radius 2 is 2.00 bits per heavy atom. The van der Waals surface area contributed by atoms with Gasteiger partial charge < -0.3 is 10.1 Å². The van der Waals surface area contributed by atoms with Crippen molar-refractivity contribution >= 4 is 0 Å². The van der Waals surface area contributed by atoms with E-state index in [4.69, 9.17) is 4.74 Å². The van der Waals surface area contributed by atoms with Gasteiger partial charge in [-0.25, -0.2) is 0 Å². The lowest BCUT2D eigenvalue weighted by molar-refractivity contribution is 0.140. The largest absolute Gasteiger partial charge is 0.372 e. The van der Waals surface area contributed by atoms with Gasteiger partial charge in [-0.2, -0.15) is 0 Å². The van der Waals surface area contributed by atoms with Crippen LogP contribution >= 0.6 is 0 Å². The zero-order chi connectivity index (χ0) is 10.3. The molecule has 15 heavy (non-hydrogen) atoms. The van der Waals surface area contributed by atoms with Crippen LogP contribution in [0.25, 0.3) is 0 Å². The van der Waals surface area contributed by atoms with E-state index >= 15 is 0 Å². The van der Waals surface area contributed by atoms with Gasteiger partial charge in [-0.1, -0.05) is 36.4 Å². The van der Waals surface area contributed by atoms with Crippen molar-refractivity contribution in [2.24, 2.45) is 0 Å². The maximum absolute atomic E-state index is 5.65. The molecule has 0 fully saturated rings. The van der Waals surface area contributed by atoms with Gasteiger partial charge in [-0.05, 0) is 24.1 Å². The van der Waals surface area contributed by atoms with Gasteiger partial charge in [0.2, 0.25) is 0 Å². The lowest BCUT2D eigenvalue weighted by Crippen LogP contribution is -2.24. The van der Waals surface area contributed by atoms with Crippen molar-refractivity contribution in [3.05, 3.63) is 47.5 Å². The van der Waals surface area contributed by atoms with Gasteiger partial charge in [0.05, 0.1) is 13.2 Å². The van der Waals surface area contributed by atoms with Crippen LogP contribution in [0.1, 0.15) is 12.0 Å². The number of hydrogen-bond acceptors (Lipinski definition) is 2. The van der Waals surface area contributed by atoms with E-state index in [9.17, 15) is 0 Å². The summed E-state index contributed by atoms with van der Waals surface area (Å²) in [6.45, 7) is 3.54. The van der Waals surface area contributed by atoms with Crippen LogP contribution in [-0.2, 0) is 11.3 Å². The van der Waals surface area contributed by atoms with E-state index in [1.54, 1.807) is 0 Å². The Morgan fingerprint density at radius 3 is 2.73 bits per heavy atom. The second-order valence-electron chi connectivity index (χ2n) is 3.81. The molecule has 2 heteroatoms. The van der Waals surface area contributed by atoms with Crippen molar-refractivity contribution in [1.29, 1.82) is 0 Å². The molecular weight excluding hydrogens is 186 g/mol. The Kier molecular flexibility index (Phi) is 3.94. The minimum atomic E-state index is 0.707. The van der Waals surface area contributed by atoms with Gasteiger partial charge in [0.1, 0.15) is 0 Å². The zero-order valence-corrected chi connectivity index (χ0v) is 8.91. The zero-order valence-electron chi connectivity index (χ0n) is 8.91.